The lowest BCUT2D eigenvalue weighted by molar-refractivity contribution is 0.555. The minimum Gasteiger partial charge on any atom is -0.271 e. The highest BCUT2D eigenvalue weighted by atomic mass is 15.2. The third-order valence-corrected chi connectivity index (χ3v) is 3.50. The summed E-state index contributed by atoms with van der Waals surface area (Å²) < 4.78 is 0. The summed E-state index contributed by atoms with van der Waals surface area (Å²) in [5.41, 5.74) is 5.69. The molecule has 0 saturated heterocycles. The smallest absolute Gasteiger partial charge is 0.0670 e. The van der Waals surface area contributed by atoms with Crippen LogP contribution in [0.4, 0.5) is 0 Å². The van der Waals surface area contributed by atoms with Crippen molar-refractivity contribution in [2.75, 3.05) is 0 Å². The Kier molecular flexibility index (Phi) is 4.77. The lowest BCUT2D eigenvalue weighted by Crippen LogP contribution is -2.29. The molecule has 0 amide bonds. The van der Waals surface area contributed by atoms with Gasteiger partial charge in [-0.3, -0.25) is 5.84 Å². The molecule has 1 unspecified atom stereocenters. The van der Waals surface area contributed by atoms with Crippen LogP contribution in [-0.2, 0) is 0 Å². The van der Waals surface area contributed by atoms with Gasteiger partial charge in [0.2, 0.25) is 0 Å². The number of hydrogen-bond donors (Lipinski definition) is 2. The molecular weight excluding hydrogens is 208 g/mol. The summed E-state index contributed by atoms with van der Waals surface area (Å²) in [4.78, 5) is 0. The van der Waals surface area contributed by atoms with Crippen LogP contribution >= 0.6 is 0 Å². The number of benzene rings is 1. The number of hydrazine groups is 1. The van der Waals surface area contributed by atoms with Gasteiger partial charge in [0.25, 0.3) is 0 Å². The number of rotatable bonds is 3. The van der Waals surface area contributed by atoms with E-state index < -0.39 is 0 Å². The average molecular weight is 230 g/mol. The first-order chi connectivity index (χ1) is 8.42. The summed E-state index contributed by atoms with van der Waals surface area (Å²) >= 11 is 0. The molecule has 0 heterocycles. The highest BCUT2D eigenvalue weighted by Crippen LogP contribution is 2.27. The van der Waals surface area contributed by atoms with E-state index in [0.717, 1.165) is 0 Å². The van der Waals surface area contributed by atoms with Gasteiger partial charge >= 0.3 is 0 Å². The normalized spacial score (nSPS) is 22.1. The number of nitrogens with one attached hydrogen (secondary N) is 1. The molecule has 2 rings (SSSR count). The molecule has 2 nitrogen and oxygen atoms in total. The largest absolute Gasteiger partial charge is 0.271 e. The summed E-state index contributed by atoms with van der Waals surface area (Å²) in [6, 6.07) is 10.7. The predicted octanol–water partition coefficient (Wildman–Crippen LogP) is 3.47. The molecule has 0 bridgehead atoms. The van der Waals surface area contributed by atoms with E-state index in [1.807, 2.05) is 6.07 Å². The van der Waals surface area contributed by atoms with Crippen LogP contribution in [0.1, 0.15) is 50.1 Å². The van der Waals surface area contributed by atoms with Gasteiger partial charge in [0.15, 0.2) is 0 Å². The van der Waals surface area contributed by atoms with Crippen molar-refractivity contribution >= 4 is 0 Å². The van der Waals surface area contributed by atoms with Crippen molar-refractivity contribution in [1.29, 1.82) is 0 Å². The highest BCUT2D eigenvalue weighted by Gasteiger charge is 2.15. The molecule has 0 aliphatic heterocycles. The van der Waals surface area contributed by atoms with Gasteiger partial charge in [-0.2, -0.15) is 0 Å². The van der Waals surface area contributed by atoms with Gasteiger partial charge in [0, 0.05) is 0 Å². The molecule has 3 N–H and O–H groups in total. The molecule has 0 fully saturated rings. The van der Waals surface area contributed by atoms with Crippen LogP contribution in [0.2, 0.25) is 0 Å². The molecule has 2 heteroatoms. The summed E-state index contributed by atoms with van der Waals surface area (Å²) in [6.07, 6.45) is 10.1. The number of nitrogens with two attached hydrogens (primary N) is 1. The quantitative estimate of drug-likeness (QED) is 0.474. The van der Waals surface area contributed by atoms with Crippen molar-refractivity contribution in [3.8, 4) is 0 Å². The molecule has 1 atom stereocenters. The zero-order chi connectivity index (χ0) is 11.9. The maximum Gasteiger partial charge on any atom is 0.0670 e. The van der Waals surface area contributed by atoms with Crippen molar-refractivity contribution in [2.24, 2.45) is 5.84 Å². The van der Waals surface area contributed by atoms with Crippen LogP contribution in [0.5, 0.6) is 0 Å². The van der Waals surface area contributed by atoms with Gasteiger partial charge in [-0.25, -0.2) is 5.43 Å². The van der Waals surface area contributed by atoms with Crippen molar-refractivity contribution in [3.05, 3.63) is 47.5 Å². The summed E-state index contributed by atoms with van der Waals surface area (Å²) in [7, 11) is 0. The molecule has 1 aromatic rings. The first-order valence-electron chi connectivity index (χ1n) is 6.62. The standard InChI is InChI=1S/C15H22N2/c16-17-15(14-11-7-4-8-12-14)13-9-5-2-1-3-6-10-13/h4,7-9,11-12,15,17H,1-3,5-6,10,16H2/b13-9+. The second kappa shape index (κ2) is 6.58. The zero-order valence-electron chi connectivity index (χ0n) is 10.4. The van der Waals surface area contributed by atoms with Gasteiger partial charge in [0.05, 0.1) is 6.04 Å². The molecular formula is C15H22N2. The maximum absolute atomic E-state index is 5.73. The van der Waals surface area contributed by atoms with Crippen LogP contribution in [0.15, 0.2) is 42.0 Å². The first kappa shape index (κ1) is 12.3. The SMILES string of the molecule is NNC(/C1=C/CCCCCC1)c1ccccc1. The topological polar surface area (TPSA) is 38.0 Å². The predicted molar refractivity (Wildman–Crippen MR) is 72.3 cm³/mol. The summed E-state index contributed by atoms with van der Waals surface area (Å²) in [6.45, 7) is 0. The van der Waals surface area contributed by atoms with E-state index in [1.54, 1.807) is 0 Å². The molecule has 17 heavy (non-hydrogen) atoms. The Bertz CT molecular complexity index is 356. The minimum atomic E-state index is 0.189. The van der Waals surface area contributed by atoms with Crippen LogP contribution < -0.4 is 11.3 Å². The molecule has 0 aromatic heterocycles. The fourth-order valence-corrected chi connectivity index (χ4v) is 2.54. The zero-order valence-corrected chi connectivity index (χ0v) is 10.4. The number of allylic oxidation sites excluding steroid dienone is 1. The fourth-order valence-electron chi connectivity index (χ4n) is 2.54. The minimum absolute atomic E-state index is 0.189. The third-order valence-electron chi connectivity index (χ3n) is 3.50. The van der Waals surface area contributed by atoms with E-state index in [2.05, 4.69) is 35.8 Å². The third kappa shape index (κ3) is 3.42. The summed E-state index contributed by atoms with van der Waals surface area (Å²) in [5, 5.41) is 0. The van der Waals surface area contributed by atoms with Gasteiger partial charge in [-0.15, -0.1) is 0 Å². The van der Waals surface area contributed by atoms with Crippen molar-refractivity contribution in [1.82, 2.24) is 5.43 Å². The number of hydrogen-bond acceptors (Lipinski definition) is 2. The first-order valence-corrected chi connectivity index (χ1v) is 6.62. The molecule has 0 spiro atoms. The molecule has 92 valence electrons. The Morgan fingerprint density at radius 2 is 1.76 bits per heavy atom. The highest BCUT2D eigenvalue weighted by molar-refractivity contribution is 5.28. The lowest BCUT2D eigenvalue weighted by Gasteiger charge is -2.22. The Labute approximate surface area is 104 Å². The van der Waals surface area contributed by atoms with Gasteiger partial charge in [-0.1, -0.05) is 54.8 Å². The van der Waals surface area contributed by atoms with Crippen LogP contribution in [0, 0.1) is 0 Å². The van der Waals surface area contributed by atoms with E-state index in [0.29, 0.717) is 0 Å². The van der Waals surface area contributed by atoms with E-state index in [1.165, 1.54) is 49.7 Å². The van der Waals surface area contributed by atoms with Crippen LogP contribution in [0.3, 0.4) is 0 Å². The molecule has 0 saturated carbocycles. The van der Waals surface area contributed by atoms with Crippen molar-refractivity contribution in [2.45, 2.75) is 44.6 Å². The van der Waals surface area contributed by atoms with Gasteiger partial charge in [-0.05, 0) is 31.2 Å². The van der Waals surface area contributed by atoms with E-state index in [9.17, 15) is 0 Å². The Balaban J connectivity index is 2.16. The lowest BCUT2D eigenvalue weighted by atomic mass is 9.91. The van der Waals surface area contributed by atoms with Crippen molar-refractivity contribution in [3.63, 3.8) is 0 Å². The van der Waals surface area contributed by atoms with Gasteiger partial charge in [0.1, 0.15) is 0 Å². The van der Waals surface area contributed by atoms with Crippen LogP contribution in [-0.4, -0.2) is 0 Å². The Morgan fingerprint density at radius 3 is 2.53 bits per heavy atom. The Hall–Kier alpha value is -1.12. The van der Waals surface area contributed by atoms with Gasteiger partial charge < -0.3 is 0 Å². The van der Waals surface area contributed by atoms with E-state index in [4.69, 9.17) is 5.84 Å². The maximum atomic E-state index is 5.73. The molecule has 0 radical (unpaired) electrons. The monoisotopic (exact) mass is 230 g/mol. The summed E-state index contributed by atoms with van der Waals surface area (Å²) in [5.74, 6) is 5.73. The Morgan fingerprint density at radius 1 is 1.00 bits per heavy atom. The molecule has 1 aliphatic carbocycles. The average Bonchev–Trinajstić information content (AvgIpc) is 2.34. The van der Waals surface area contributed by atoms with Crippen LogP contribution in [0.25, 0.3) is 0 Å². The second-order valence-corrected chi connectivity index (χ2v) is 4.74. The van der Waals surface area contributed by atoms with E-state index >= 15 is 0 Å². The molecule has 1 aliphatic rings. The van der Waals surface area contributed by atoms with E-state index in [-0.39, 0.29) is 6.04 Å². The van der Waals surface area contributed by atoms with Crippen molar-refractivity contribution < 1.29 is 0 Å². The second-order valence-electron chi connectivity index (χ2n) is 4.74. The molecule has 1 aromatic carbocycles. The fraction of sp³-hybridized carbons (Fsp3) is 0.467.